The largest absolute Gasteiger partial charge is 0.480 e. The number of nitrogens with two attached hydrogens (primary N) is 1. The minimum Gasteiger partial charge on any atom is -0.480 e. The van der Waals surface area contributed by atoms with Gasteiger partial charge in [-0.25, -0.2) is 5.01 Å². The zero-order valence-electron chi connectivity index (χ0n) is 13.1. The normalized spacial score (nSPS) is 24.8. The zero-order valence-corrected chi connectivity index (χ0v) is 13.8. The highest BCUT2D eigenvalue weighted by Crippen LogP contribution is 2.36. The number of halogens is 1. The maximum atomic E-state index is 12.4. The number of nitrogens with one attached hydrogen (secondary N) is 1. The van der Waals surface area contributed by atoms with E-state index in [2.05, 4.69) is 5.43 Å². The lowest BCUT2D eigenvalue weighted by molar-refractivity contribution is -0.136. The fraction of sp³-hybridized carbons (Fsp3) is 0.500. The highest BCUT2D eigenvalue weighted by molar-refractivity contribution is 6.30. The summed E-state index contributed by atoms with van der Waals surface area (Å²) in [5.74, 6) is -0.282. The van der Waals surface area contributed by atoms with Crippen LogP contribution in [0.4, 0.5) is 0 Å². The Morgan fingerprint density at radius 1 is 1.33 bits per heavy atom. The Bertz CT molecular complexity index is 646. The van der Waals surface area contributed by atoms with Gasteiger partial charge in [0.05, 0.1) is 6.10 Å². The molecule has 4 N–H and O–H groups in total. The van der Waals surface area contributed by atoms with Crippen molar-refractivity contribution in [3.63, 3.8) is 0 Å². The van der Waals surface area contributed by atoms with Gasteiger partial charge in [0, 0.05) is 36.0 Å². The molecule has 2 atom stereocenters. The van der Waals surface area contributed by atoms with Crippen LogP contribution in [-0.2, 0) is 9.59 Å². The number of carbonyl (C=O) groups is 2. The first-order valence-corrected chi connectivity index (χ1v) is 8.31. The third-order valence-electron chi connectivity index (χ3n) is 4.50. The van der Waals surface area contributed by atoms with Crippen molar-refractivity contribution in [2.24, 2.45) is 11.7 Å². The van der Waals surface area contributed by atoms with Gasteiger partial charge in [-0.05, 0) is 31.0 Å². The van der Waals surface area contributed by atoms with Crippen LogP contribution in [-0.4, -0.2) is 41.1 Å². The first-order valence-electron chi connectivity index (χ1n) is 7.93. The van der Waals surface area contributed by atoms with Crippen LogP contribution in [0.5, 0.6) is 5.75 Å². The summed E-state index contributed by atoms with van der Waals surface area (Å²) in [5, 5.41) is 12.5. The van der Waals surface area contributed by atoms with E-state index in [0.29, 0.717) is 42.3 Å². The van der Waals surface area contributed by atoms with E-state index in [1.54, 1.807) is 23.2 Å². The Labute approximate surface area is 144 Å². The van der Waals surface area contributed by atoms with E-state index in [1.807, 2.05) is 0 Å². The molecule has 3 rings (SSSR count). The summed E-state index contributed by atoms with van der Waals surface area (Å²) in [6, 6.07) is 4.95. The lowest BCUT2D eigenvalue weighted by Crippen LogP contribution is -2.52. The molecule has 0 spiro atoms. The summed E-state index contributed by atoms with van der Waals surface area (Å²) < 4.78 is 5.69. The fourth-order valence-electron chi connectivity index (χ4n) is 3.08. The third-order valence-corrected chi connectivity index (χ3v) is 4.73. The van der Waals surface area contributed by atoms with Crippen molar-refractivity contribution in [1.82, 2.24) is 10.4 Å². The first-order chi connectivity index (χ1) is 11.4. The van der Waals surface area contributed by atoms with Gasteiger partial charge < -0.3 is 15.6 Å². The molecule has 8 heteroatoms. The molecular formula is C16H20ClN3O4. The summed E-state index contributed by atoms with van der Waals surface area (Å²) in [4.78, 5) is 23.6. The molecule has 1 saturated heterocycles. The number of nitrogens with zero attached hydrogens (tertiary/aromatic N) is 1. The van der Waals surface area contributed by atoms with Gasteiger partial charge in [0.25, 0.3) is 5.91 Å². The lowest BCUT2D eigenvalue weighted by Gasteiger charge is -2.33. The zero-order chi connectivity index (χ0) is 17.3. The summed E-state index contributed by atoms with van der Waals surface area (Å²) in [7, 11) is 0. The van der Waals surface area contributed by atoms with Crippen molar-refractivity contribution in [2.75, 3.05) is 13.1 Å². The minimum absolute atomic E-state index is 0.137. The van der Waals surface area contributed by atoms with Crippen LogP contribution in [0.1, 0.15) is 30.9 Å². The molecule has 2 unspecified atom stereocenters. The Kier molecular flexibility index (Phi) is 4.93. The van der Waals surface area contributed by atoms with E-state index in [0.717, 1.165) is 0 Å². The summed E-state index contributed by atoms with van der Waals surface area (Å²) >= 11 is 5.92. The van der Waals surface area contributed by atoms with Gasteiger partial charge in [-0.3, -0.25) is 15.0 Å². The minimum atomic E-state index is -0.802. The number of ether oxygens (including phenoxy) is 1. The second-order valence-corrected chi connectivity index (χ2v) is 6.62. The molecule has 1 fully saturated rings. The summed E-state index contributed by atoms with van der Waals surface area (Å²) in [6.45, 7) is 1.11. The summed E-state index contributed by atoms with van der Waals surface area (Å²) in [5.41, 5.74) is 8.68. The standard InChI is InChI=1S/C16H20ClN3O4/c17-10-1-2-13-11(7-10)12(21)8-14(24-13)16(23)19-20-5-3-9(4-6-20)15(18)22/h1-2,7,9,12,14,21H,3-6,8H2,(H2,18,22)(H,19,23). The molecule has 7 nitrogen and oxygen atoms in total. The molecule has 130 valence electrons. The Balaban J connectivity index is 1.59. The molecular weight excluding hydrogens is 334 g/mol. The van der Waals surface area contributed by atoms with Crippen molar-refractivity contribution in [2.45, 2.75) is 31.5 Å². The first kappa shape index (κ1) is 17.0. The van der Waals surface area contributed by atoms with Crippen molar-refractivity contribution in [1.29, 1.82) is 0 Å². The molecule has 2 aliphatic heterocycles. The molecule has 2 aliphatic rings. The maximum Gasteiger partial charge on any atom is 0.275 e. The van der Waals surface area contributed by atoms with E-state index in [4.69, 9.17) is 22.1 Å². The number of hydrazine groups is 1. The fourth-order valence-corrected chi connectivity index (χ4v) is 3.26. The number of primary amides is 1. The summed E-state index contributed by atoms with van der Waals surface area (Å²) in [6.07, 6.45) is -0.182. The molecule has 2 amide bonds. The number of rotatable bonds is 3. The van der Waals surface area contributed by atoms with Crippen LogP contribution in [0.2, 0.25) is 5.02 Å². The van der Waals surface area contributed by atoms with Crippen LogP contribution < -0.4 is 15.9 Å². The number of amides is 2. The predicted octanol–water partition coefficient (Wildman–Crippen LogP) is 0.753. The van der Waals surface area contributed by atoms with Crippen molar-refractivity contribution in [3.8, 4) is 5.75 Å². The number of hydrogen-bond acceptors (Lipinski definition) is 5. The van der Waals surface area contributed by atoms with Gasteiger partial charge >= 0.3 is 0 Å². The molecule has 0 aromatic heterocycles. The van der Waals surface area contributed by atoms with E-state index in [9.17, 15) is 14.7 Å². The monoisotopic (exact) mass is 353 g/mol. The van der Waals surface area contributed by atoms with Gasteiger partial charge in [-0.1, -0.05) is 11.6 Å². The second-order valence-electron chi connectivity index (χ2n) is 6.18. The van der Waals surface area contributed by atoms with Crippen LogP contribution in [0.3, 0.4) is 0 Å². The number of carbonyl (C=O) groups excluding carboxylic acids is 2. The Morgan fingerprint density at radius 2 is 2.04 bits per heavy atom. The number of piperidine rings is 1. The molecule has 0 saturated carbocycles. The number of hydrogen-bond donors (Lipinski definition) is 3. The topological polar surface area (TPSA) is 105 Å². The average molecular weight is 354 g/mol. The van der Waals surface area contributed by atoms with Crippen LogP contribution >= 0.6 is 11.6 Å². The van der Waals surface area contributed by atoms with Gasteiger partial charge in [-0.2, -0.15) is 0 Å². The van der Waals surface area contributed by atoms with E-state index < -0.39 is 12.2 Å². The van der Waals surface area contributed by atoms with E-state index >= 15 is 0 Å². The molecule has 0 aliphatic carbocycles. The van der Waals surface area contributed by atoms with Crippen LogP contribution in [0.25, 0.3) is 0 Å². The molecule has 2 heterocycles. The average Bonchev–Trinajstić information content (AvgIpc) is 2.55. The van der Waals surface area contributed by atoms with E-state index in [-0.39, 0.29) is 24.2 Å². The second kappa shape index (κ2) is 6.96. The third kappa shape index (κ3) is 3.63. The quantitative estimate of drug-likeness (QED) is 0.743. The molecule has 0 radical (unpaired) electrons. The number of aliphatic hydroxyl groups is 1. The smallest absolute Gasteiger partial charge is 0.275 e. The molecule has 24 heavy (non-hydrogen) atoms. The number of fused-ring (bicyclic) bond motifs is 1. The van der Waals surface area contributed by atoms with Crippen molar-refractivity contribution < 1.29 is 19.4 Å². The number of aliphatic hydroxyl groups excluding tert-OH is 1. The Morgan fingerprint density at radius 3 is 2.71 bits per heavy atom. The number of benzene rings is 1. The maximum absolute atomic E-state index is 12.4. The molecule has 1 aromatic carbocycles. The van der Waals surface area contributed by atoms with Crippen molar-refractivity contribution in [3.05, 3.63) is 28.8 Å². The van der Waals surface area contributed by atoms with Crippen LogP contribution in [0.15, 0.2) is 18.2 Å². The molecule has 0 bridgehead atoms. The predicted molar refractivity (Wildman–Crippen MR) is 87.1 cm³/mol. The van der Waals surface area contributed by atoms with Gasteiger partial charge in [0.15, 0.2) is 6.10 Å². The highest BCUT2D eigenvalue weighted by atomic mass is 35.5. The lowest BCUT2D eigenvalue weighted by atomic mass is 9.97. The van der Waals surface area contributed by atoms with E-state index in [1.165, 1.54) is 0 Å². The van der Waals surface area contributed by atoms with Gasteiger partial charge in [0.2, 0.25) is 5.91 Å². The van der Waals surface area contributed by atoms with Gasteiger partial charge in [-0.15, -0.1) is 0 Å². The van der Waals surface area contributed by atoms with Gasteiger partial charge in [0.1, 0.15) is 5.75 Å². The SMILES string of the molecule is NC(=O)C1CCN(NC(=O)C2CC(O)c3cc(Cl)ccc3O2)CC1. The molecule has 1 aromatic rings. The van der Waals surface area contributed by atoms with Crippen molar-refractivity contribution >= 4 is 23.4 Å². The highest BCUT2D eigenvalue weighted by Gasteiger charge is 2.33. The Hall–Kier alpha value is -1.83. The van der Waals surface area contributed by atoms with Crippen LogP contribution in [0, 0.1) is 5.92 Å².